The lowest BCUT2D eigenvalue weighted by molar-refractivity contribution is 0.525. The van der Waals surface area contributed by atoms with E-state index in [2.05, 4.69) is 53.7 Å². The molecule has 7 aromatic rings. The van der Waals surface area contributed by atoms with E-state index in [0.29, 0.717) is 35.8 Å². The summed E-state index contributed by atoms with van der Waals surface area (Å²) in [5.41, 5.74) is 4.14. The molecular formula is C41H43N3O3. The van der Waals surface area contributed by atoms with E-state index in [1.54, 1.807) is 0 Å². The fourth-order valence-electron chi connectivity index (χ4n) is 7.81. The Bertz CT molecular complexity index is 2620. The molecule has 7 rings (SSSR count). The Morgan fingerprint density at radius 3 is 1.43 bits per heavy atom. The van der Waals surface area contributed by atoms with Crippen LogP contribution in [0.3, 0.4) is 0 Å². The highest BCUT2D eigenvalue weighted by molar-refractivity contribution is 6.34. The van der Waals surface area contributed by atoms with Gasteiger partial charge in [-0.3, -0.25) is 14.4 Å². The number of rotatable bonds is 6. The van der Waals surface area contributed by atoms with Gasteiger partial charge in [-0.05, 0) is 72.4 Å². The maximum atomic E-state index is 14.8. The summed E-state index contributed by atoms with van der Waals surface area (Å²) in [6.07, 6.45) is 0. The van der Waals surface area contributed by atoms with E-state index >= 15 is 0 Å². The number of benzene rings is 4. The Kier molecular flexibility index (Phi) is 7.38. The second kappa shape index (κ2) is 11.2. The molecule has 6 heteroatoms. The number of aryl methyl sites for hydroxylation is 2. The van der Waals surface area contributed by atoms with E-state index in [0.717, 1.165) is 60.0 Å². The average molecular weight is 626 g/mol. The number of hydrogen-bond acceptors (Lipinski definition) is 3. The molecule has 0 bridgehead atoms. The third kappa shape index (κ3) is 4.63. The molecule has 0 aliphatic heterocycles. The van der Waals surface area contributed by atoms with Gasteiger partial charge in [-0.15, -0.1) is 0 Å². The van der Waals surface area contributed by atoms with Gasteiger partial charge in [0, 0.05) is 52.0 Å². The first-order chi connectivity index (χ1) is 22.4. The van der Waals surface area contributed by atoms with Crippen molar-refractivity contribution >= 4 is 65.0 Å². The number of pyridine rings is 3. The van der Waals surface area contributed by atoms with Crippen LogP contribution in [-0.2, 0) is 19.6 Å². The van der Waals surface area contributed by atoms with Crippen molar-refractivity contribution in [1.82, 2.24) is 13.7 Å². The van der Waals surface area contributed by atoms with E-state index in [1.807, 2.05) is 76.1 Å². The largest absolute Gasteiger partial charge is 0.307 e. The number of para-hydroxylation sites is 1. The van der Waals surface area contributed by atoms with Crippen LogP contribution in [-0.4, -0.2) is 13.7 Å². The highest BCUT2D eigenvalue weighted by Gasteiger charge is 2.25. The Morgan fingerprint density at radius 2 is 0.872 bits per heavy atom. The molecule has 0 unspecified atom stereocenters. The van der Waals surface area contributed by atoms with E-state index in [9.17, 15) is 14.4 Å². The Hall–Kier alpha value is -4.71. The van der Waals surface area contributed by atoms with Gasteiger partial charge >= 0.3 is 0 Å². The van der Waals surface area contributed by atoms with Gasteiger partial charge in [-0.2, -0.15) is 0 Å². The summed E-state index contributed by atoms with van der Waals surface area (Å²) in [5, 5.41) is 7.26. The van der Waals surface area contributed by atoms with Crippen LogP contribution in [0.25, 0.3) is 65.0 Å². The number of fused-ring (bicyclic) bond motifs is 11. The topological polar surface area (TPSA) is 66.0 Å². The lowest BCUT2D eigenvalue weighted by Crippen LogP contribution is -2.27. The second-order valence-electron chi connectivity index (χ2n) is 14.7. The summed E-state index contributed by atoms with van der Waals surface area (Å²) in [6.45, 7) is 18.4. The van der Waals surface area contributed by atoms with Crippen LogP contribution < -0.4 is 16.7 Å². The second-order valence-corrected chi connectivity index (χ2v) is 14.7. The first-order valence-electron chi connectivity index (χ1n) is 16.9. The molecule has 0 aliphatic rings. The maximum absolute atomic E-state index is 14.8. The monoisotopic (exact) mass is 625 g/mol. The SMILES string of the molecule is Cc1cc2c(c3c1c(=O)n(CC(C)C)c1ccccc31)c1c(c(C)cc3c1c1ccccc1c(=O)n3CC(C)C)c(=O)n2CC(C)C. The number of aromatic nitrogens is 3. The molecule has 4 aromatic carbocycles. The van der Waals surface area contributed by atoms with E-state index in [1.165, 1.54) is 0 Å². The van der Waals surface area contributed by atoms with Crippen LogP contribution in [0.4, 0.5) is 0 Å². The van der Waals surface area contributed by atoms with Crippen LogP contribution in [0.15, 0.2) is 75.0 Å². The van der Waals surface area contributed by atoms with Gasteiger partial charge in [0.15, 0.2) is 0 Å². The van der Waals surface area contributed by atoms with Crippen molar-refractivity contribution < 1.29 is 0 Å². The van der Waals surface area contributed by atoms with Gasteiger partial charge in [-0.1, -0.05) is 77.9 Å². The summed E-state index contributed by atoms with van der Waals surface area (Å²) >= 11 is 0. The lowest BCUT2D eigenvalue weighted by atomic mass is 9.89. The van der Waals surface area contributed by atoms with Crippen LogP contribution in [0.5, 0.6) is 0 Å². The quantitative estimate of drug-likeness (QED) is 0.174. The molecule has 47 heavy (non-hydrogen) atoms. The third-order valence-electron chi connectivity index (χ3n) is 9.54. The maximum Gasteiger partial charge on any atom is 0.259 e. The summed E-state index contributed by atoms with van der Waals surface area (Å²) in [5.74, 6) is 0.732. The molecule has 0 N–H and O–H groups in total. The van der Waals surface area contributed by atoms with Gasteiger partial charge in [-0.25, -0.2) is 0 Å². The minimum absolute atomic E-state index is 0.0138. The van der Waals surface area contributed by atoms with Crippen molar-refractivity contribution in [2.75, 3.05) is 0 Å². The van der Waals surface area contributed by atoms with Crippen molar-refractivity contribution in [3.8, 4) is 0 Å². The molecular weight excluding hydrogens is 582 g/mol. The molecule has 0 fully saturated rings. The molecule has 0 saturated carbocycles. The number of nitrogens with zero attached hydrogens (tertiary/aromatic N) is 3. The van der Waals surface area contributed by atoms with Crippen molar-refractivity contribution in [1.29, 1.82) is 0 Å². The normalized spacial score (nSPS) is 12.5. The molecule has 3 aromatic heterocycles. The van der Waals surface area contributed by atoms with Gasteiger partial charge in [0.05, 0.1) is 27.3 Å². The zero-order valence-corrected chi connectivity index (χ0v) is 28.7. The summed E-state index contributed by atoms with van der Waals surface area (Å²) in [6, 6.07) is 20.0. The molecule has 240 valence electrons. The third-order valence-corrected chi connectivity index (χ3v) is 9.54. The van der Waals surface area contributed by atoms with Crippen molar-refractivity contribution in [3.63, 3.8) is 0 Å². The molecule has 0 saturated heterocycles. The van der Waals surface area contributed by atoms with E-state index < -0.39 is 0 Å². The van der Waals surface area contributed by atoms with Gasteiger partial charge in [0.1, 0.15) is 0 Å². The minimum atomic E-state index is -0.0394. The van der Waals surface area contributed by atoms with E-state index in [-0.39, 0.29) is 34.4 Å². The Balaban J connectivity index is 1.93. The van der Waals surface area contributed by atoms with Gasteiger partial charge in [0.2, 0.25) is 0 Å². The Labute approximate surface area is 273 Å². The molecule has 6 nitrogen and oxygen atoms in total. The zero-order valence-electron chi connectivity index (χ0n) is 28.7. The highest BCUT2D eigenvalue weighted by Crippen LogP contribution is 2.41. The van der Waals surface area contributed by atoms with Crippen molar-refractivity contribution in [2.45, 2.75) is 75.0 Å². The van der Waals surface area contributed by atoms with E-state index in [4.69, 9.17) is 0 Å². The fraction of sp³-hybridized carbons (Fsp3) is 0.341. The van der Waals surface area contributed by atoms with Crippen LogP contribution >= 0.6 is 0 Å². The molecule has 3 heterocycles. The summed E-state index contributed by atoms with van der Waals surface area (Å²) < 4.78 is 5.74. The van der Waals surface area contributed by atoms with Crippen molar-refractivity contribution in [2.24, 2.45) is 17.8 Å². The van der Waals surface area contributed by atoms with Crippen LogP contribution in [0, 0.1) is 31.6 Å². The predicted octanol–water partition coefficient (Wildman–Crippen LogP) is 8.68. The first kappa shape index (κ1) is 30.9. The Morgan fingerprint density at radius 1 is 0.447 bits per heavy atom. The van der Waals surface area contributed by atoms with Crippen molar-refractivity contribution in [3.05, 3.63) is 103 Å². The van der Waals surface area contributed by atoms with Gasteiger partial charge < -0.3 is 13.7 Å². The summed E-state index contributed by atoms with van der Waals surface area (Å²) in [7, 11) is 0. The molecule has 0 spiro atoms. The van der Waals surface area contributed by atoms with Crippen LogP contribution in [0.1, 0.15) is 52.7 Å². The lowest BCUT2D eigenvalue weighted by Gasteiger charge is -2.23. The summed E-state index contributed by atoms with van der Waals surface area (Å²) in [4.78, 5) is 43.5. The molecule has 0 aliphatic carbocycles. The standard InChI is InChI=1S/C41H43N3O3/c1-22(2)19-42-30-16-12-11-15-29(30)36-33(40(42)46)25(7)18-32-37(36)38-34(41(47)44(32)21-24(5)6)26(8)17-31-35(38)27-13-9-10-14-28(27)39(45)43(31)20-23(3)4/h9-18,22-24H,19-21H2,1-8H3. The van der Waals surface area contributed by atoms with Gasteiger partial charge in [0.25, 0.3) is 16.7 Å². The minimum Gasteiger partial charge on any atom is -0.307 e. The average Bonchev–Trinajstić information content (AvgIpc) is 3.02. The fourth-order valence-corrected chi connectivity index (χ4v) is 7.81. The molecule has 0 amide bonds. The molecule has 0 radical (unpaired) electrons. The predicted molar refractivity (Wildman–Crippen MR) is 198 cm³/mol. The smallest absolute Gasteiger partial charge is 0.259 e. The molecule has 0 atom stereocenters. The van der Waals surface area contributed by atoms with Crippen LogP contribution in [0.2, 0.25) is 0 Å². The highest BCUT2D eigenvalue weighted by atomic mass is 16.1. The zero-order chi connectivity index (χ0) is 33.5. The first-order valence-corrected chi connectivity index (χ1v) is 16.9. The number of hydrogen-bond donors (Lipinski definition) is 0.